The van der Waals surface area contributed by atoms with Crippen molar-refractivity contribution in [3.05, 3.63) is 45.1 Å². The van der Waals surface area contributed by atoms with Crippen LogP contribution in [0.5, 0.6) is 0 Å². The van der Waals surface area contributed by atoms with Crippen LogP contribution in [0, 0.1) is 0 Å². The van der Waals surface area contributed by atoms with Crippen molar-refractivity contribution < 1.29 is 4.79 Å². The molecule has 0 fully saturated rings. The quantitative estimate of drug-likeness (QED) is 0.838. The molecule has 0 spiro atoms. The fraction of sp³-hybridized carbons (Fsp3) is 0.400. The van der Waals surface area contributed by atoms with Gasteiger partial charge in [-0.1, -0.05) is 38.4 Å². The van der Waals surface area contributed by atoms with Crippen LogP contribution in [-0.4, -0.2) is 16.0 Å². The molecule has 0 atom stereocenters. The Kier molecular flexibility index (Phi) is 5.37. The molecule has 0 saturated heterocycles. The third-order valence-corrected chi connectivity index (χ3v) is 4.03. The van der Waals surface area contributed by atoms with Gasteiger partial charge in [-0.15, -0.1) is 11.3 Å². The monoisotopic (exact) mass is 338 g/mol. The van der Waals surface area contributed by atoms with Crippen LogP contribution >= 0.6 is 22.9 Å². The van der Waals surface area contributed by atoms with Crippen LogP contribution in [0.4, 0.5) is 4.79 Å². The molecule has 2 N–H and O–H groups in total. The van der Waals surface area contributed by atoms with Gasteiger partial charge >= 0.3 is 6.03 Å². The van der Waals surface area contributed by atoms with Gasteiger partial charge in [-0.3, -0.25) is 0 Å². The number of nitrogens with zero attached hydrogens (tertiary/aromatic N) is 2. The molecule has 0 bridgehead atoms. The van der Waals surface area contributed by atoms with E-state index in [1.807, 2.05) is 11.4 Å². The van der Waals surface area contributed by atoms with Crippen molar-refractivity contribution in [2.45, 2.75) is 39.3 Å². The lowest BCUT2D eigenvalue weighted by atomic mass is 9.93. The molecule has 0 unspecified atom stereocenters. The van der Waals surface area contributed by atoms with Crippen molar-refractivity contribution in [1.29, 1.82) is 0 Å². The summed E-state index contributed by atoms with van der Waals surface area (Å²) in [5, 5.41) is 8.94. The van der Waals surface area contributed by atoms with E-state index in [1.54, 1.807) is 23.6 Å². The Bertz CT molecular complexity index is 634. The third kappa shape index (κ3) is 4.96. The molecule has 0 aliphatic carbocycles. The van der Waals surface area contributed by atoms with Crippen LogP contribution in [0.2, 0.25) is 5.15 Å². The van der Waals surface area contributed by atoms with E-state index in [0.29, 0.717) is 18.2 Å². The number of rotatable bonds is 4. The Morgan fingerprint density at radius 2 is 2.00 bits per heavy atom. The molecule has 0 aliphatic heterocycles. The number of nitrogens with one attached hydrogen (secondary N) is 2. The summed E-state index contributed by atoms with van der Waals surface area (Å²) in [4.78, 5) is 20.3. The largest absolute Gasteiger partial charge is 0.334 e. The van der Waals surface area contributed by atoms with Crippen molar-refractivity contribution in [2.24, 2.45) is 0 Å². The lowest BCUT2D eigenvalue weighted by Crippen LogP contribution is -2.34. The van der Waals surface area contributed by atoms with Gasteiger partial charge in [0.1, 0.15) is 10.2 Å². The zero-order valence-corrected chi connectivity index (χ0v) is 14.4. The Hall–Kier alpha value is -1.66. The highest BCUT2D eigenvalue weighted by atomic mass is 35.5. The molecule has 7 heteroatoms. The first-order valence-corrected chi connectivity index (χ1v) is 8.17. The smallest absolute Gasteiger partial charge is 0.315 e. The average Bonchev–Trinajstić information content (AvgIpc) is 2.93. The molecule has 5 nitrogen and oxygen atoms in total. The summed E-state index contributed by atoms with van der Waals surface area (Å²) in [5.74, 6) is 0. The predicted molar refractivity (Wildman–Crippen MR) is 89.1 cm³/mol. The van der Waals surface area contributed by atoms with Crippen molar-refractivity contribution in [2.75, 3.05) is 0 Å². The zero-order chi connectivity index (χ0) is 16.2. The Labute approximate surface area is 139 Å². The van der Waals surface area contributed by atoms with Crippen LogP contribution in [0.15, 0.2) is 23.7 Å². The number of carbonyl (C=O) groups is 1. The topological polar surface area (TPSA) is 66.9 Å². The molecular weight excluding hydrogens is 320 g/mol. The summed E-state index contributed by atoms with van der Waals surface area (Å²) in [5.41, 5.74) is 1.96. The Morgan fingerprint density at radius 3 is 2.59 bits per heavy atom. The van der Waals surface area contributed by atoms with Crippen LogP contribution < -0.4 is 10.6 Å². The number of urea groups is 1. The number of halogens is 1. The number of hydrogen-bond acceptors (Lipinski definition) is 4. The van der Waals surface area contributed by atoms with Gasteiger partial charge in [-0.25, -0.2) is 14.8 Å². The van der Waals surface area contributed by atoms with E-state index in [4.69, 9.17) is 11.6 Å². The molecule has 2 rings (SSSR count). The molecule has 2 aromatic heterocycles. The zero-order valence-electron chi connectivity index (χ0n) is 12.8. The first kappa shape index (κ1) is 16.7. The second-order valence-electron chi connectivity index (χ2n) is 5.90. The minimum atomic E-state index is -0.234. The lowest BCUT2D eigenvalue weighted by Gasteiger charge is -2.14. The number of pyridine rings is 1. The van der Waals surface area contributed by atoms with Crippen molar-refractivity contribution in [1.82, 2.24) is 20.6 Å². The summed E-state index contributed by atoms with van der Waals surface area (Å²) in [6, 6.07) is 3.29. The molecule has 2 aromatic rings. The van der Waals surface area contributed by atoms with E-state index in [2.05, 4.69) is 41.4 Å². The lowest BCUT2D eigenvalue weighted by molar-refractivity contribution is 0.240. The number of hydrogen-bond donors (Lipinski definition) is 2. The highest BCUT2D eigenvalue weighted by Crippen LogP contribution is 2.23. The van der Waals surface area contributed by atoms with Gasteiger partial charge in [0.15, 0.2) is 0 Å². The van der Waals surface area contributed by atoms with E-state index >= 15 is 0 Å². The van der Waals surface area contributed by atoms with Gasteiger partial charge < -0.3 is 10.6 Å². The third-order valence-electron chi connectivity index (χ3n) is 2.96. The summed E-state index contributed by atoms with van der Waals surface area (Å²) < 4.78 is 0. The molecule has 2 heterocycles. The van der Waals surface area contributed by atoms with Crippen LogP contribution in [0.25, 0.3) is 0 Å². The molecule has 0 saturated carbocycles. The number of thiazole rings is 1. The van der Waals surface area contributed by atoms with Crippen molar-refractivity contribution >= 4 is 29.0 Å². The minimum absolute atomic E-state index is 0.0264. The van der Waals surface area contributed by atoms with Gasteiger partial charge in [-0.05, 0) is 11.6 Å². The molecule has 22 heavy (non-hydrogen) atoms. The second-order valence-corrected chi connectivity index (χ2v) is 7.23. The maximum Gasteiger partial charge on any atom is 0.315 e. The molecule has 2 amide bonds. The van der Waals surface area contributed by atoms with E-state index in [9.17, 15) is 4.79 Å². The summed E-state index contributed by atoms with van der Waals surface area (Å²) >= 11 is 7.27. The predicted octanol–water partition coefficient (Wildman–Crippen LogP) is 3.49. The fourth-order valence-electron chi connectivity index (χ4n) is 1.65. The molecule has 0 aromatic carbocycles. The number of carbonyl (C=O) groups excluding carboxylic acids is 1. The first-order chi connectivity index (χ1) is 10.3. The van der Waals surface area contributed by atoms with Crippen LogP contribution in [-0.2, 0) is 18.5 Å². The number of amides is 2. The molecule has 0 aliphatic rings. The summed E-state index contributed by atoms with van der Waals surface area (Å²) in [6.45, 7) is 7.18. The fourth-order valence-corrected chi connectivity index (χ4v) is 2.72. The van der Waals surface area contributed by atoms with Gasteiger partial charge in [0.05, 0.1) is 12.2 Å². The van der Waals surface area contributed by atoms with E-state index < -0.39 is 0 Å². The van der Waals surface area contributed by atoms with Crippen molar-refractivity contribution in [3.63, 3.8) is 0 Å². The second kappa shape index (κ2) is 7.07. The first-order valence-electron chi connectivity index (χ1n) is 6.91. The van der Waals surface area contributed by atoms with Gasteiger partial charge in [0.25, 0.3) is 0 Å². The normalized spacial score (nSPS) is 11.3. The van der Waals surface area contributed by atoms with E-state index in [1.165, 1.54) is 0 Å². The van der Waals surface area contributed by atoms with E-state index in [-0.39, 0.29) is 11.4 Å². The minimum Gasteiger partial charge on any atom is -0.334 e. The maximum absolute atomic E-state index is 11.8. The standard InChI is InChI=1S/C15H19ClN4OS/c1-15(2,3)11-9-22-13(20-11)8-19-14(21)18-7-10-4-5-12(16)17-6-10/h4-6,9H,7-8H2,1-3H3,(H2,18,19,21). The van der Waals surface area contributed by atoms with Crippen LogP contribution in [0.1, 0.15) is 37.0 Å². The highest BCUT2D eigenvalue weighted by molar-refractivity contribution is 7.09. The summed E-state index contributed by atoms with van der Waals surface area (Å²) in [7, 11) is 0. The van der Waals surface area contributed by atoms with Crippen LogP contribution in [0.3, 0.4) is 0 Å². The average molecular weight is 339 g/mol. The van der Waals surface area contributed by atoms with E-state index in [0.717, 1.165) is 16.3 Å². The van der Waals surface area contributed by atoms with Gasteiger partial charge in [0.2, 0.25) is 0 Å². The maximum atomic E-state index is 11.8. The van der Waals surface area contributed by atoms with Gasteiger partial charge in [-0.2, -0.15) is 0 Å². The van der Waals surface area contributed by atoms with Crippen molar-refractivity contribution in [3.8, 4) is 0 Å². The summed E-state index contributed by atoms with van der Waals surface area (Å²) in [6.07, 6.45) is 1.64. The Morgan fingerprint density at radius 1 is 1.27 bits per heavy atom. The molecular formula is C15H19ClN4OS. The highest BCUT2D eigenvalue weighted by Gasteiger charge is 2.17. The number of aromatic nitrogens is 2. The Balaban J connectivity index is 1.78. The SMILES string of the molecule is CC(C)(C)c1csc(CNC(=O)NCc2ccc(Cl)nc2)n1. The van der Waals surface area contributed by atoms with Gasteiger partial charge in [0, 0.05) is 23.5 Å². The molecule has 0 radical (unpaired) electrons. The molecule has 118 valence electrons.